The van der Waals surface area contributed by atoms with Crippen LogP contribution in [0.25, 0.3) is 0 Å². The van der Waals surface area contributed by atoms with Gasteiger partial charge in [0, 0.05) is 27.7 Å². The molecule has 2 aliphatic rings. The van der Waals surface area contributed by atoms with Gasteiger partial charge < -0.3 is 19.9 Å². The van der Waals surface area contributed by atoms with E-state index in [9.17, 15) is 24.5 Å². The molecule has 1 aromatic carbocycles. The molecule has 0 radical (unpaired) electrons. The summed E-state index contributed by atoms with van der Waals surface area (Å²) < 4.78 is 5.98. The Kier molecular flexibility index (Phi) is 9.70. The van der Waals surface area contributed by atoms with E-state index in [0.29, 0.717) is 26.6 Å². The van der Waals surface area contributed by atoms with E-state index in [0.717, 1.165) is 5.57 Å². The Bertz CT molecular complexity index is 1430. The topological polar surface area (TPSA) is 165 Å². The Balaban J connectivity index is 1.45. The van der Waals surface area contributed by atoms with Crippen LogP contribution in [-0.2, 0) is 30.6 Å². The summed E-state index contributed by atoms with van der Waals surface area (Å²) >= 11 is 4.91. The number of nitro benzene ring substituents is 1. The minimum atomic E-state index is -1.67. The molecule has 2 aromatic rings. The Morgan fingerprint density at radius 2 is 2.00 bits per heavy atom. The van der Waals surface area contributed by atoms with Gasteiger partial charge in [0.25, 0.3) is 17.5 Å². The van der Waals surface area contributed by atoms with Crippen LogP contribution < -0.4 is 10.3 Å². The first-order chi connectivity index (χ1) is 19.4. The minimum Gasteiger partial charge on any atom is -0.456 e. The van der Waals surface area contributed by atoms with Crippen LogP contribution in [0.4, 0.5) is 10.8 Å². The SMILES string of the molecule is CO/N=C(\C(=O)NC1C(=O)N2C(C(=O)OCc3ccc([N+](=O)[O-])cc3)=C(CI)CS[C@H]12)c1csc(N[Si](C)(C)C)n1. The van der Waals surface area contributed by atoms with Crippen LogP contribution >= 0.6 is 45.7 Å². The number of nitrogens with zero attached hydrogens (tertiary/aromatic N) is 4. The molecule has 1 saturated heterocycles. The summed E-state index contributed by atoms with van der Waals surface area (Å²) in [7, 11) is -0.349. The van der Waals surface area contributed by atoms with E-state index in [1.165, 1.54) is 59.4 Å². The molecular formula is C24H27IN6O7S2Si. The molecule has 2 amide bonds. The summed E-state index contributed by atoms with van der Waals surface area (Å²) in [6.07, 6.45) is 0. The molecule has 0 bridgehead atoms. The number of β-lactam (4-membered cyclic amide) rings is 1. The number of ether oxygens (including phenoxy) is 1. The smallest absolute Gasteiger partial charge is 0.355 e. The van der Waals surface area contributed by atoms with Crippen molar-refractivity contribution in [2.75, 3.05) is 22.3 Å². The number of hydrogen-bond acceptors (Lipinski definition) is 12. The van der Waals surface area contributed by atoms with Gasteiger partial charge in [0.05, 0.1) is 4.92 Å². The van der Waals surface area contributed by atoms with Crippen molar-refractivity contribution in [2.24, 2.45) is 5.16 Å². The first-order valence-corrected chi connectivity index (χ1v) is 19.2. The number of nitrogens with one attached hydrogen (secondary N) is 2. The molecule has 17 heteroatoms. The number of anilines is 1. The number of benzene rings is 1. The lowest BCUT2D eigenvalue weighted by Crippen LogP contribution is -2.71. The average Bonchev–Trinajstić information content (AvgIpc) is 3.38. The molecule has 2 aliphatic heterocycles. The number of amides is 2. The number of non-ortho nitro benzene ring substituents is 1. The Morgan fingerprint density at radius 3 is 2.61 bits per heavy atom. The van der Waals surface area contributed by atoms with Gasteiger partial charge in [0.15, 0.2) is 10.8 Å². The molecule has 1 unspecified atom stereocenters. The molecular weight excluding hydrogens is 703 g/mol. The van der Waals surface area contributed by atoms with Gasteiger partial charge in [-0.15, -0.1) is 23.1 Å². The van der Waals surface area contributed by atoms with Crippen LogP contribution in [0.1, 0.15) is 11.3 Å². The fraction of sp³-hybridized carbons (Fsp3) is 0.375. The summed E-state index contributed by atoms with van der Waals surface area (Å²) in [4.78, 5) is 64.1. The normalized spacial score (nSPS) is 18.8. The highest BCUT2D eigenvalue weighted by atomic mass is 127. The van der Waals surface area contributed by atoms with Crippen LogP contribution in [0, 0.1) is 10.1 Å². The molecule has 13 nitrogen and oxygen atoms in total. The van der Waals surface area contributed by atoms with Crippen LogP contribution in [-0.4, -0.2) is 75.2 Å². The van der Waals surface area contributed by atoms with Crippen LogP contribution in [0.2, 0.25) is 19.6 Å². The fourth-order valence-electron chi connectivity index (χ4n) is 3.97. The van der Waals surface area contributed by atoms with E-state index in [1.54, 1.807) is 5.38 Å². The number of carbonyl (C=O) groups excluding carboxylic acids is 3. The average molecular weight is 731 g/mol. The second-order valence-corrected chi connectivity index (χ2v) is 17.5. The highest BCUT2D eigenvalue weighted by Crippen LogP contribution is 2.41. The number of hydrogen-bond donors (Lipinski definition) is 2. The van der Waals surface area contributed by atoms with E-state index in [2.05, 4.69) is 62.7 Å². The number of thiazole rings is 1. The zero-order valence-electron chi connectivity index (χ0n) is 22.5. The maximum Gasteiger partial charge on any atom is 0.355 e. The molecule has 218 valence electrons. The standard InChI is InChI=1S/C24H27IN6O7S2Si/c1-37-28-17(16-12-40-24(26-16)29-41(2,3)4)20(32)27-18-21(33)30-19(14(9-25)11-39-22(18)30)23(34)38-10-13-5-7-15(8-6-13)31(35)36/h5-8,12,18,22H,9-11H2,1-4H3,(H,26,29)(H,27,32)/b28-17-/t18?,22-/m1/s1. The molecule has 0 spiro atoms. The number of alkyl halides is 1. The largest absolute Gasteiger partial charge is 0.456 e. The summed E-state index contributed by atoms with van der Waals surface area (Å²) in [5, 5.41) is 19.3. The second kappa shape index (κ2) is 12.9. The molecule has 4 rings (SSSR count). The molecule has 41 heavy (non-hydrogen) atoms. The van der Waals surface area contributed by atoms with Crippen molar-refractivity contribution in [2.45, 2.75) is 37.7 Å². The zero-order chi connectivity index (χ0) is 29.9. The molecule has 2 atom stereocenters. The quantitative estimate of drug-likeness (QED) is 0.0511. The first-order valence-electron chi connectivity index (χ1n) is 12.2. The van der Waals surface area contributed by atoms with Crippen molar-refractivity contribution in [3.8, 4) is 0 Å². The van der Waals surface area contributed by atoms with E-state index >= 15 is 0 Å². The molecule has 1 fully saturated rings. The molecule has 0 aliphatic carbocycles. The van der Waals surface area contributed by atoms with Gasteiger partial charge in [-0.1, -0.05) is 47.4 Å². The van der Waals surface area contributed by atoms with E-state index in [4.69, 9.17) is 9.57 Å². The monoisotopic (exact) mass is 730 g/mol. The summed E-state index contributed by atoms with van der Waals surface area (Å²) in [5.74, 6) is -1.27. The van der Waals surface area contributed by atoms with Crippen LogP contribution in [0.3, 0.4) is 0 Å². The Morgan fingerprint density at radius 1 is 1.29 bits per heavy atom. The van der Waals surface area contributed by atoms with Gasteiger partial charge in [-0.3, -0.25) is 24.6 Å². The number of thioether (sulfide) groups is 1. The number of aromatic nitrogens is 1. The van der Waals surface area contributed by atoms with E-state index in [1.807, 2.05) is 0 Å². The highest BCUT2D eigenvalue weighted by Gasteiger charge is 2.54. The van der Waals surface area contributed by atoms with E-state index in [-0.39, 0.29) is 23.7 Å². The number of esters is 1. The number of rotatable bonds is 11. The van der Waals surface area contributed by atoms with Gasteiger partial charge in [0.1, 0.15) is 44.8 Å². The lowest BCUT2D eigenvalue weighted by molar-refractivity contribution is -0.384. The summed E-state index contributed by atoms with van der Waals surface area (Å²) in [6, 6.07) is 4.78. The van der Waals surface area contributed by atoms with Gasteiger partial charge in [0.2, 0.25) is 0 Å². The highest BCUT2D eigenvalue weighted by molar-refractivity contribution is 14.1. The molecule has 2 N–H and O–H groups in total. The third kappa shape index (κ3) is 7.07. The molecule has 3 heterocycles. The number of halogens is 1. The molecule has 0 saturated carbocycles. The Hall–Kier alpha value is -3.03. The summed E-state index contributed by atoms with van der Waals surface area (Å²) in [6.45, 7) is 6.25. The lowest BCUT2D eigenvalue weighted by Gasteiger charge is -2.49. The van der Waals surface area contributed by atoms with Gasteiger partial charge in [-0.05, 0) is 23.3 Å². The predicted octanol–water partition coefficient (Wildman–Crippen LogP) is 3.48. The third-order valence-corrected chi connectivity index (χ3v) is 10.0. The van der Waals surface area contributed by atoms with Crippen molar-refractivity contribution in [1.82, 2.24) is 15.2 Å². The van der Waals surface area contributed by atoms with Crippen molar-refractivity contribution >= 4 is 88.2 Å². The van der Waals surface area contributed by atoms with Gasteiger partial charge >= 0.3 is 5.97 Å². The number of oxime groups is 1. The Labute approximate surface area is 258 Å². The zero-order valence-corrected chi connectivity index (χ0v) is 27.3. The van der Waals surface area contributed by atoms with Crippen molar-refractivity contribution < 1.29 is 28.9 Å². The maximum absolute atomic E-state index is 13.3. The van der Waals surface area contributed by atoms with Gasteiger partial charge in [-0.25, -0.2) is 9.78 Å². The third-order valence-electron chi connectivity index (χ3n) is 5.83. The lowest BCUT2D eigenvalue weighted by atomic mass is 10.0. The minimum absolute atomic E-state index is 0.0642. The number of fused-ring (bicyclic) bond motifs is 1. The summed E-state index contributed by atoms with van der Waals surface area (Å²) in [5.41, 5.74) is 1.65. The second-order valence-electron chi connectivity index (χ2n) is 9.98. The van der Waals surface area contributed by atoms with Crippen LogP contribution in [0.15, 0.2) is 46.1 Å². The number of carbonyl (C=O) groups is 3. The maximum atomic E-state index is 13.3. The molecule has 1 aromatic heterocycles. The number of nitro groups is 1. The van der Waals surface area contributed by atoms with Gasteiger partial charge in [-0.2, -0.15) is 0 Å². The van der Waals surface area contributed by atoms with Crippen molar-refractivity contribution in [3.05, 3.63) is 62.3 Å². The first kappa shape index (κ1) is 30.9. The fourth-order valence-corrected chi connectivity index (χ4v) is 8.71. The van der Waals surface area contributed by atoms with Crippen molar-refractivity contribution in [1.29, 1.82) is 0 Å². The predicted molar refractivity (Wildman–Crippen MR) is 166 cm³/mol. The van der Waals surface area contributed by atoms with Crippen LogP contribution in [0.5, 0.6) is 0 Å². The van der Waals surface area contributed by atoms with Crippen molar-refractivity contribution in [3.63, 3.8) is 0 Å². The van der Waals surface area contributed by atoms with E-state index < -0.39 is 42.4 Å².